The van der Waals surface area contributed by atoms with Crippen LogP contribution in [0, 0.1) is 0 Å². The maximum Gasteiger partial charge on any atom is 0.266 e. The number of aromatic nitrogens is 2. The molecule has 0 spiro atoms. The number of carbonyl (C=O) groups is 1. The van der Waals surface area contributed by atoms with Gasteiger partial charge in [-0.3, -0.25) is 14.2 Å². The molecule has 29 heavy (non-hydrogen) atoms. The maximum absolute atomic E-state index is 13.4. The Morgan fingerprint density at radius 1 is 1.17 bits per heavy atom. The van der Waals surface area contributed by atoms with Gasteiger partial charge in [0.2, 0.25) is 0 Å². The fraction of sp³-hybridized carbons (Fsp3) is 0.286. The van der Waals surface area contributed by atoms with E-state index in [-0.39, 0.29) is 5.56 Å². The number of hydrogen-bond acceptors (Lipinski definition) is 4. The summed E-state index contributed by atoms with van der Waals surface area (Å²) in [6, 6.07) is 13.7. The van der Waals surface area contributed by atoms with Crippen molar-refractivity contribution in [2.75, 3.05) is 13.7 Å². The Morgan fingerprint density at radius 2 is 1.83 bits per heavy atom. The van der Waals surface area contributed by atoms with E-state index in [0.717, 1.165) is 0 Å². The predicted octanol–water partition coefficient (Wildman–Crippen LogP) is 4.11. The quantitative estimate of drug-likeness (QED) is 0.548. The van der Waals surface area contributed by atoms with Crippen LogP contribution in [0.3, 0.4) is 0 Å². The largest absolute Gasteiger partial charge is 0.492 e. The van der Waals surface area contributed by atoms with Crippen molar-refractivity contribution in [3.05, 3.63) is 64.7 Å². The van der Waals surface area contributed by atoms with Gasteiger partial charge in [0.05, 0.1) is 29.2 Å². The van der Waals surface area contributed by atoms with Gasteiger partial charge in [0, 0.05) is 7.05 Å². The molecular weight excluding hydrogens is 413 g/mol. The summed E-state index contributed by atoms with van der Waals surface area (Å²) in [5.41, 5.74) is 0.839. The Balaban J connectivity index is 2.31. The molecule has 0 aliphatic rings. The van der Waals surface area contributed by atoms with Gasteiger partial charge in [-0.25, -0.2) is 4.98 Å². The number of rotatable bonds is 6. The molecule has 3 rings (SSSR count). The Bertz CT molecular complexity index is 1100. The number of alkyl halides is 2. The first-order valence-corrected chi connectivity index (χ1v) is 10.0. The number of halogens is 2. The summed E-state index contributed by atoms with van der Waals surface area (Å²) in [7, 11) is 1.57. The highest BCUT2D eigenvalue weighted by atomic mass is 35.5. The normalized spacial score (nSPS) is 12.2. The van der Waals surface area contributed by atoms with Crippen molar-refractivity contribution < 1.29 is 9.53 Å². The minimum atomic E-state index is -1.21. The molecule has 0 bridgehead atoms. The average Bonchev–Trinajstić information content (AvgIpc) is 2.73. The summed E-state index contributed by atoms with van der Waals surface area (Å²) in [4.78, 5) is 30.7. The van der Waals surface area contributed by atoms with Crippen molar-refractivity contribution in [2.45, 2.75) is 24.7 Å². The van der Waals surface area contributed by atoms with Gasteiger partial charge in [-0.2, -0.15) is 0 Å². The summed E-state index contributed by atoms with van der Waals surface area (Å²) in [5, 5.41) is 0.469. The number of amides is 1. The molecule has 0 N–H and O–H groups in total. The molecule has 1 aromatic heterocycles. The van der Waals surface area contributed by atoms with Crippen LogP contribution in [-0.2, 0) is 4.79 Å². The van der Waals surface area contributed by atoms with Crippen LogP contribution < -0.4 is 10.3 Å². The zero-order valence-corrected chi connectivity index (χ0v) is 17.8. The summed E-state index contributed by atoms with van der Waals surface area (Å²) >= 11 is 11.5. The van der Waals surface area contributed by atoms with Gasteiger partial charge >= 0.3 is 0 Å². The van der Waals surface area contributed by atoms with Crippen molar-refractivity contribution in [3.8, 4) is 11.4 Å². The van der Waals surface area contributed by atoms with E-state index in [1.54, 1.807) is 44.3 Å². The van der Waals surface area contributed by atoms with E-state index in [1.807, 2.05) is 25.1 Å². The van der Waals surface area contributed by atoms with Gasteiger partial charge < -0.3 is 9.64 Å². The van der Waals surface area contributed by atoms with Crippen molar-refractivity contribution in [3.63, 3.8) is 0 Å². The van der Waals surface area contributed by atoms with Crippen molar-refractivity contribution >= 4 is 40.0 Å². The monoisotopic (exact) mass is 433 g/mol. The molecule has 1 unspecified atom stereocenters. The first-order chi connectivity index (χ1) is 13.9. The van der Waals surface area contributed by atoms with Crippen LogP contribution in [0.25, 0.3) is 16.6 Å². The van der Waals surface area contributed by atoms with Gasteiger partial charge in [-0.15, -0.1) is 0 Å². The minimum Gasteiger partial charge on any atom is -0.492 e. The second-order valence-corrected chi connectivity index (χ2v) is 7.55. The molecule has 6 nitrogen and oxygen atoms in total. The molecule has 0 aliphatic carbocycles. The molecule has 0 radical (unpaired) electrons. The second kappa shape index (κ2) is 8.84. The maximum atomic E-state index is 13.4. The lowest BCUT2D eigenvalue weighted by atomic mass is 10.2. The van der Waals surface area contributed by atoms with Gasteiger partial charge in [0.1, 0.15) is 11.6 Å². The van der Waals surface area contributed by atoms with Crippen LogP contribution in [-0.4, -0.2) is 38.8 Å². The second-order valence-electron chi connectivity index (χ2n) is 6.45. The summed E-state index contributed by atoms with van der Waals surface area (Å²) < 4.78 is 7.21. The lowest BCUT2D eigenvalue weighted by Crippen LogP contribution is -2.37. The molecule has 8 heteroatoms. The Morgan fingerprint density at radius 3 is 2.52 bits per heavy atom. The van der Waals surface area contributed by atoms with E-state index in [0.29, 0.717) is 34.8 Å². The summed E-state index contributed by atoms with van der Waals surface area (Å²) in [5.74, 6) is 0.447. The number of ether oxygens (including phenoxy) is 1. The number of carbonyl (C=O) groups excluding carboxylic acids is 1. The Labute approximate surface area is 178 Å². The highest BCUT2D eigenvalue weighted by Crippen LogP contribution is 2.28. The van der Waals surface area contributed by atoms with Crippen LogP contribution in [0.5, 0.6) is 5.75 Å². The zero-order valence-electron chi connectivity index (χ0n) is 16.3. The van der Waals surface area contributed by atoms with Gasteiger partial charge in [0.25, 0.3) is 11.5 Å². The molecule has 152 valence electrons. The van der Waals surface area contributed by atoms with E-state index >= 15 is 0 Å². The third-order valence-corrected chi connectivity index (χ3v) is 5.07. The fourth-order valence-corrected chi connectivity index (χ4v) is 3.41. The molecule has 0 aliphatic heterocycles. The number of para-hydroxylation sites is 3. The van der Waals surface area contributed by atoms with Gasteiger partial charge in [-0.05, 0) is 38.1 Å². The van der Waals surface area contributed by atoms with Crippen LogP contribution >= 0.6 is 23.2 Å². The molecule has 1 heterocycles. The molecule has 1 amide bonds. The molecule has 2 aromatic carbocycles. The molecule has 3 aromatic rings. The van der Waals surface area contributed by atoms with Gasteiger partial charge in [-0.1, -0.05) is 47.5 Å². The number of hydrogen-bond donors (Lipinski definition) is 0. The molecular formula is C21H21Cl2N3O3. The number of benzene rings is 2. The topological polar surface area (TPSA) is 64.4 Å². The van der Waals surface area contributed by atoms with Crippen molar-refractivity contribution in [1.82, 2.24) is 14.5 Å². The predicted molar refractivity (Wildman–Crippen MR) is 115 cm³/mol. The third kappa shape index (κ3) is 4.09. The van der Waals surface area contributed by atoms with Crippen LogP contribution in [0.1, 0.15) is 25.7 Å². The summed E-state index contributed by atoms with van der Waals surface area (Å²) in [6.45, 7) is 4.08. The first kappa shape index (κ1) is 21.1. The molecule has 0 saturated carbocycles. The highest BCUT2D eigenvalue weighted by Gasteiger charge is 2.27. The van der Waals surface area contributed by atoms with Crippen LogP contribution in [0.15, 0.2) is 53.3 Å². The van der Waals surface area contributed by atoms with Crippen molar-refractivity contribution in [2.24, 2.45) is 0 Å². The Kier molecular flexibility index (Phi) is 6.45. The van der Waals surface area contributed by atoms with E-state index in [2.05, 4.69) is 0 Å². The Hall–Kier alpha value is -2.57. The number of fused-ring (bicyclic) bond motifs is 1. The molecule has 0 saturated heterocycles. The lowest BCUT2D eigenvalue weighted by Gasteiger charge is -2.27. The molecule has 0 fully saturated rings. The van der Waals surface area contributed by atoms with Gasteiger partial charge in [0.15, 0.2) is 4.84 Å². The summed E-state index contributed by atoms with van der Waals surface area (Å²) in [6.07, 6.45) is 0. The van der Waals surface area contributed by atoms with E-state index < -0.39 is 16.8 Å². The highest BCUT2D eigenvalue weighted by molar-refractivity contribution is 6.53. The SMILES string of the molecule is CCOc1ccccc1-n1c(C(C)N(C)C(=O)C(Cl)Cl)nc2ccccc2c1=O. The lowest BCUT2D eigenvalue weighted by molar-refractivity contribution is -0.130. The standard InChI is InChI=1S/C21H21Cl2N3O3/c1-4-29-17-12-8-7-11-16(17)26-19(13(2)25(3)21(28)18(22)23)24-15-10-6-5-9-14(15)20(26)27/h5-13,18H,4H2,1-3H3. The van der Waals surface area contributed by atoms with Crippen LogP contribution in [0.2, 0.25) is 0 Å². The zero-order chi connectivity index (χ0) is 21.1. The van der Waals surface area contributed by atoms with Crippen molar-refractivity contribution in [1.29, 1.82) is 0 Å². The van der Waals surface area contributed by atoms with E-state index in [1.165, 1.54) is 9.47 Å². The number of nitrogens with zero attached hydrogens (tertiary/aromatic N) is 3. The first-order valence-electron chi connectivity index (χ1n) is 9.15. The fourth-order valence-electron chi connectivity index (χ4n) is 3.10. The average molecular weight is 434 g/mol. The van der Waals surface area contributed by atoms with Crippen LogP contribution in [0.4, 0.5) is 0 Å². The minimum absolute atomic E-state index is 0.251. The molecule has 1 atom stereocenters. The van der Waals surface area contributed by atoms with E-state index in [4.69, 9.17) is 32.9 Å². The smallest absolute Gasteiger partial charge is 0.266 e. The third-order valence-electron chi connectivity index (χ3n) is 4.70. The van der Waals surface area contributed by atoms with E-state index in [9.17, 15) is 9.59 Å².